The molecule has 0 aromatic carbocycles. The minimum Gasteiger partial charge on any atom is -0.374 e. The van der Waals surface area contributed by atoms with E-state index in [-0.39, 0.29) is 24.2 Å². The molecule has 0 heterocycles. The van der Waals surface area contributed by atoms with Gasteiger partial charge in [-0.3, -0.25) is 9.59 Å². The highest BCUT2D eigenvalue weighted by Crippen LogP contribution is 2.02. The summed E-state index contributed by atoms with van der Waals surface area (Å²) < 4.78 is 5.34. The van der Waals surface area contributed by atoms with E-state index in [1.807, 2.05) is 13.8 Å². The molecule has 0 aliphatic carbocycles. The van der Waals surface area contributed by atoms with E-state index in [9.17, 15) is 9.59 Å². The summed E-state index contributed by atoms with van der Waals surface area (Å²) in [5.74, 6) is 0.417. The monoisotopic (exact) mass is 285 g/mol. The number of hydrogen-bond acceptors (Lipinski definition) is 3. The maximum Gasteiger partial charge on any atom is 0.219 e. The van der Waals surface area contributed by atoms with E-state index in [2.05, 4.69) is 12.2 Å². The van der Waals surface area contributed by atoms with Gasteiger partial charge in [-0.2, -0.15) is 0 Å². The predicted molar refractivity (Wildman–Crippen MR) is 81.7 cm³/mol. The van der Waals surface area contributed by atoms with Gasteiger partial charge < -0.3 is 10.1 Å². The van der Waals surface area contributed by atoms with E-state index in [0.29, 0.717) is 19.6 Å². The molecule has 0 radical (unpaired) electrons. The van der Waals surface area contributed by atoms with Gasteiger partial charge in [0.25, 0.3) is 0 Å². The lowest BCUT2D eigenvalue weighted by molar-refractivity contribution is -0.127. The number of ether oxygens (including phenoxy) is 1. The molecule has 0 spiro atoms. The number of amides is 1. The maximum atomic E-state index is 11.5. The third-order valence-electron chi connectivity index (χ3n) is 3.45. The Morgan fingerprint density at radius 3 is 2.50 bits per heavy atom. The van der Waals surface area contributed by atoms with Crippen molar-refractivity contribution >= 4 is 11.7 Å². The number of Topliss-reactive ketones (excluding diaryl/α,β-unsaturated/α-hetero) is 1. The van der Waals surface area contributed by atoms with Crippen LogP contribution in [0.4, 0.5) is 0 Å². The summed E-state index contributed by atoms with van der Waals surface area (Å²) >= 11 is 0. The first-order chi connectivity index (χ1) is 9.61. The first-order valence-electron chi connectivity index (χ1n) is 7.98. The van der Waals surface area contributed by atoms with E-state index in [4.69, 9.17) is 4.74 Å². The molecule has 4 nitrogen and oxygen atoms in total. The van der Waals surface area contributed by atoms with Crippen LogP contribution in [0.3, 0.4) is 0 Å². The van der Waals surface area contributed by atoms with Crippen LogP contribution in [0.2, 0.25) is 0 Å². The summed E-state index contributed by atoms with van der Waals surface area (Å²) in [6, 6.07) is 0. The van der Waals surface area contributed by atoms with Crippen molar-refractivity contribution in [2.45, 2.75) is 65.7 Å². The zero-order valence-corrected chi connectivity index (χ0v) is 13.4. The highest BCUT2D eigenvalue weighted by atomic mass is 16.5. The topological polar surface area (TPSA) is 55.4 Å². The highest BCUT2D eigenvalue weighted by molar-refractivity contribution is 5.81. The van der Waals surface area contributed by atoms with Crippen molar-refractivity contribution in [3.05, 3.63) is 0 Å². The largest absolute Gasteiger partial charge is 0.374 e. The molecule has 118 valence electrons. The lowest BCUT2D eigenvalue weighted by atomic mass is 10.1. The molecule has 1 unspecified atom stereocenters. The van der Waals surface area contributed by atoms with Crippen molar-refractivity contribution in [2.75, 3.05) is 19.8 Å². The fraction of sp³-hybridized carbons (Fsp3) is 0.875. The molecule has 0 aliphatic heterocycles. The summed E-state index contributed by atoms with van der Waals surface area (Å²) in [5.41, 5.74) is 0. The van der Waals surface area contributed by atoms with Crippen LogP contribution in [0.1, 0.15) is 65.7 Å². The summed E-state index contributed by atoms with van der Waals surface area (Å²) in [6.45, 7) is 7.58. The van der Waals surface area contributed by atoms with Gasteiger partial charge in [-0.15, -0.1) is 0 Å². The quantitative estimate of drug-likeness (QED) is 0.529. The first kappa shape index (κ1) is 19.1. The van der Waals surface area contributed by atoms with E-state index in [0.717, 1.165) is 38.5 Å². The van der Waals surface area contributed by atoms with Crippen LogP contribution < -0.4 is 5.32 Å². The van der Waals surface area contributed by atoms with E-state index in [1.165, 1.54) is 0 Å². The Bertz CT molecular complexity index is 266. The summed E-state index contributed by atoms with van der Waals surface area (Å²) in [4.78, 5) is 22.9. The third kappa shape index (κ3) is 11.0. The average molecular weight is 285 g/mol. The van der Waals surface area contributed by atoms with Crippen molar-refractivity contribution in [3.63, 3.8) is 0 Å². The smallest absolute Gasteiger partial charge is 0.219 e. The maximum absolute atomic E-state index is 11.5. The molecule has 1 N–H and O–H groups in total. The van der Waals surface area contributed by atoms with Crippen molar-refractivity contribution < 1.29 is 14.3 Å². The van der Waals surface area contributed by atoms with Gasteiger partial charge in [-0.1, -0.05) is 33.6 Å². The lowest BCUT2D eigenvalue weighted by Crippen LogP contribution is -2.24. The number of hydrogen-bond donors (Lipinski definition) is 1. The van der Waals surface area contributed by atoms with E-state index < -0.39 is 0 Å². The molecule has 0 aliphatic rings. The van der Waals surface area contributed by atoms with Crippen LogP contribution in [0.25, 0.3) is 0 Å². The van der Waals surface area contributed by atoms with Gasteiger partial charge in [0.2, 0.25) is 5.91 Å². The number of unbranched alkanes of at least 4 members (excludes halogenated alkanes) is 3. The molecule has 1 amide bonds. The van der Waals surface area contributed by atoms with Crippen molar-refractivity contribution in [1.82, 2.24) is 5.32 Å². The van der Waals surface area contributed by atoms with Crippen LogP contribution in [-0.4, -0.2) is 31.4 Å². The molecule has 0 saturated heterocycles. The molecular weight excluding hydrogens is 254 g/mol. The molecule has 0 bridgehead atoms. The zero-order chi connectivity index (χ0) is 15.2. The second-order valence-electron chi connectivity index (χ2n) is 5.34. The summed E-state index contributed by atoms with van der Waals surface area (Å²) in [6.07, 6.45) is 6.51. The van der Waals surface area contributed by atoms with Gasteiger partial charge in [-0.25, -0.2) is 0 Å². The Balaban J connectivity index is 3.32. The standard InChI is InChI=1S/C16H31NO3/c1-4-6-7-10-16(19)17-11-8-9-12-20-13-15(18)14(3)5-2/h14H,4-13H2,1-3H3,(H,17,19). The van der Waals surface area contributed by atoms with Crippen LogP contribution in [0.15, 0.2) is 0 Å². The number of carbonyl (C=O) groups excluding carboxylic acids is 2. The molecule has 0 aromatic rings. The van der Waals surface area contributed by atoms with Crippen LogP contribution in [0, 0.1) is 5.92 Å². The Kier molecular flexibility index (Phi) is 12.5. The number of ketones is 1. The molecule has 0 aromatic heterocycles. The van der Waals surface area contributed by atoms with Gasteiger partial charge in [-0.05, 0) is 25.7 Å². The van der Waals surface area contributed by atoms with Crippen LogP contribution >= 0.6 is 0 Å². The Morgan fingerprint density at radius 2 is 1.85 bits per heavy atom. The molecule has 20 heavy (non-hydrogen) atoms. The normalized spacial score (nSPS) is 12.2. The van der Waals surface area contributed by atoms with Crippen LogP contribution in [-0.2, 0) is 14.3 Å². The molecule has 0 fully saturated rings. The lowest BCUT2D eigenvalue weighted by Gasteiger charge is -2.08. The fourth-order valence-corrected chi connectivity index (χ4v) is 1.72. The Morgan fingerprint density at radius 1 is 1.10 bits per heavy atom. The zero-order valence-electron chi connectivity index (χ0n) is 13.4. The number of rotatable bonds is 13. The number of carbonyl (C=O) groups is 2. The molecule has 0 saturated carbocycles. The van der Waals surface area contributed by atoms with Gasteiger partial charge in [0.15, 0.2) is 5.78 Å². The molecular formula is C16H31NO3. The Hall–Kier alpha value is -0.900. The molecule has 0 rings (SSSR count). The summed E-state index contributed by atoms with van der Waals surface area (Å²) in [7, 11) is 0. The van der Waals surface area contributed by atoms with Gasteiger partial charge in [0, 0.05) is 25.5 Å². The summed E-state index contributed by atoms with van der Waals surface area (Å²) in [5, 5.41) is 2.91. The minimum atomic E-state index is 0.0948. The second kappa shape index (κ2) is 13.1. The van der Waals surface area contributed by atoms with E-state index >= 15 is 0 Å². The first-order valence-corrected chi connectivity index (χ1v) is 7.98. The van der Waals surface area contributed by atoms with Crippen molar-refractivity contribution in [3.8, 4) is 0 Å². The predicted octanol–water partition coefficient (Wildman–Crippen LogP) is 3.09. The van der Waals surface area contributed by atoms with Gasteiger partial charge in [0.1, 0.15) is 6.61 Å². The van der Waals surface area contributed by atoms with Gasteiger partial charge >= 0.3 is 0 Å². The third-order valence-corrected chi connectivity index (χ3v) is 3.45. The molecule has 1 atom stereocenters. The highest BCUT2D eigenvalue weighted by Gasteiger charge is 2.09. The average Bonchev–Trinajstić information content (AvgIpc) is 2.45. The molecule has 4 heteroatoms. The number of nitrogens with one attached hydrogen (secondary N) is 1. The van der Waals surface area contributed by atoms with E-state index in [1.54, 1.807) is 0 Å². The fourth-order valence-electron chi connectivity index (χ4n) is 1.72. The second-order valence-corrected chi connectivity index (χ2v) is 5.34. The Labute approximate surface area is 123 Å². The van der Waals surface area contributed by atoms with Crippen LogP contribution in [0.5, 0.6) is 0 Å². The van der Waals surface area contributed by atoms with Crippen molar-refractivity contribution in [1.29, 1.82) is 0 Å². The van der Waals surface area contributed by atoms with Crippen molar-refractivity contribution in [2.24, 2.45) is 5.92 Å². The SMILES string of the molecule is CCCCCC(=O)NCCCCOCC(=O)C(C)CC. The van der Waals surface area contributed by atoms with Gasteiger partial charge in [0.05, 0.1) is 0 Å². The minimum absolute atomic E-state index is 0.0948.